The molecule has 0 amide bonds. The van der Waals surface area contributed by atoms with E-state index in [2.05, 4.69) is 24.2 Å². The van der Waals surface area contributed by atoms with Crippen LogP contribution >= 0.6 is 0 Å². The van der Waals surface area contributed by atoms with Gasteiger partial charge in [-0.15, -0.1) is 0 Å². The zero-order valence-corrected chi connectivity index (χ0v) is 9.57. The SMILES string of the molecule is CC1CC(NCCc2ccco2)CN1C. The van der Waals surface area contributed by atoms with E-state index in [0.717, 1.165) is 18.7 Å². The standard InChI is InChI=1S/C12H20N2O/c1-10-8-11(9-14(10)2)13-6-5-12-4-3-7-15-12/h3-4,7,10-11,13H,5-6,8-9H2,1-2H3. The zero-order chi connectivity index (χ0) is 10.7. The lowest BCUT2D eigenvalue weighted by molar-refractivity contribution is 0.326. The summed E-state index contributed by atoms with van der Waals surface area (Å²) in [5.41, 5.74) is 0. The summed E-state index contributed by atoms with van der Waals surface area (Å²) >= 11 is 0. The molecule has 2 atom stereocenters. The van der Waals surface area contributed by atoms with Gasteiger partial charge in [-0.25, -0.2) is 0 Å². The maximum Gasteiger partial charge on any atom is 0.105 e. The first-order valence-corrected chi connectivity index (χ1v) is 5.71. The topological polar surface area (TPSA) is 28.4 Å². The number of hydrogen-bond donors (Lipinski definition) is 1. The van der Waals surface area contributed by atoms with Crippen LogP contribution in [0.15, 0.2) is 22.8 Å². The fourth-order valence-corrected chi connectivity index (χ4v) is 2.20. The molecule has 2 unspecified atom stereocenters. The Balaban J connectivity index is 1.67. The molecule has 2 heterocycles. The average molecular weight is 208 g/mol. The van der Waals surface area contributed by atoms with Crippen LogP contribution in [0.3, 0.4) is 0 Å². The van der Waals surface area contributed by atoms with Gasteiger partial charge in [0.25, 0.3) is 0 Å². The normalized spacial score (nSPS) is 27.3. The average Bonchev–Trinajstić information content (AvgIpc) is 2.79. The lowest BCUT2D eigenvalue weighted by Gasteiger charge is -2.13. The molecule has 1 aliphatic rings. The smallest absolute Gasteiger partial charge is 0.105 e. The van der Waals surface area contributed by atoms with Crippen molar-refractivity contribution in [3.05, 3.63) is 24.2 Å². The van der Waals surface area contributed by atoms with E-state index >= 15 is 0 Å². The quantitative estimate of drug-likeness (QED) is 0.813. The van der Waals surface area contributed by atoms with Crippen LogP contribution in [0.5, 0.6) is 0 Å². The summed E-state index contributed by atoms with van der Waals surface area (Å²) in [4.78, 5) is 2.41. The minimum absolute atomic E-state index is 0.653. The Hall–Kier alpha value is -0.800. The van der Waals surface area contributed by atoms with E-state index < -0.39 is 0 Å². The summed E-state index contributed by atoms with van der Waals surface area (Å²) in [7, 11) is 2.19. The number of likely N-dealkylation sites (tertiary alicyclic amines) is 1. The number of nitrogens with one attached hydrogen (secondary N) is 1. The van der Waals surface area contributed by atoms with E-state index in [4.69, 9.17) is 4.42 Å². The van der Waals surface area contributed by atoms with Crippen LogP contribution in [0.1, 0.15) is 19.1 Å². The molecule has 15 heavy (non-hydrogen) atoms. The molecular formula is C12H20N2O. The van der Waals surface area contributed by atoms with Gasteiger partial charge in [-0.1, -0.05) is 0 Å². The van der Waals surface area contributed by atoms with E-state index in [0.29, 0.717) is 12.1 Å². The molecule has 1 aromatic heterocycles. The highest BCUT2D eigenvalue weighted by Gasteiger charge is 2.25. The maximum atomic E-state index is 5.29. The number of likely N-dealkylation sites (N-methyl/N-ethyl adjacent to an activating group) is 1. The van der Waals surface area contributed by atoms with Crippen LogP contribution in [0.25, 0.3) is 0 Å². The van der Waals surface area contributed by atoms with E-state index in [-0.39, 0.29) is 0 Å². The molecule has 0 aromatic carbocycles. The molecular weight excluding hydrogens is 188 g/mol. The number of furan rings is 1. The molecule has 0 radical (unpaired) electrons. The van der Waals surface area contributed by atoms with Crippen molar-refractivity contribution in [1.82, 2.24) is 10.2 Å². The van der Waals surface area contributed by atoms with Gasteiger partial charge < -0.3 is 14.6 Å². The van der Waals surface area contributed by atoms with Crippen molar-refractivity contribution in [2.24, 2.45) is 0 Å². The van der Waals surface area contributed by atoms with Gasteiger partial charge in [-0.05, 0) is 32.5 Å². The van der Waals surface area contributed by atoms with Gasteiger partial charge in [0.2, 0.25) is 0 Å². The Morgan fingerprint density at radius 3 is 3.07 bits per heavy atom. The van der Waals surface area contributed by atoms with Gasteiger partial charge in [-0.3, -0.25) is 0 Å². The maximum absolute atomic E-state index is 5.29. The first-order valence-electron chi connectivity index (χ1n) is 5.71. The van der Waals surface area contributed by atoms with Crippen LogP contribution in [-0.2, 0) is 6.42 Å². The van der Waals surface area contributed by atoms with E-state index in [1.807, 2.05) is 12.1 Å². The van der Waals surface area contributed by atoms with Crippen LogP contribution in [-0.4, -0.2) is 37.1 Å². The Kier molecular flexibility index (Phi) is 3.44. The number of rotatable bonds is 4. The van der Waals surface area contributed by atoms with E-state index in [1.54, 1.807) is 6.26 Å². The predicted molar refractivity (Wildman–Crippen MR) is 60.9 cm³/mol. The van der Waals surface area contributed by atoms with Crippen molar-refractivity contribution in [3.63, 3.8) is 0 Å². The van der Waals surface area contributed by atoms with Gasteiger partial charge in [0.1, 0.15) is 5.76 Å². The molecule has 1 N–H and O–H groups in total. The summed E-state index contributed by atoms with van der Waals surface area (Å²) in [6.45, 7) is 4.46. The minimum Gasteiger partial charge on any atom is -0.469 e. The zero-order valence-electron chi connectivity index (χ0n) is 9.57. The Labute approximate surface area is 91.4 Å². The van der Waals surface area contributed by atoms with Crippen molar-refractivity contribution >= 4 is 0 Å². The van der Waals surface area contributed by atoms with E-state index in [1.165, 1.54) is 13.0 Å². The second kappa shape index (κ2) is 4.81. The predicted octanol–water partition coefficient (Wildman–Crippen LogP) is 1.50. The Bertz CT molecular complexity index is 274. The first-order chi connectivity index (χ1) is 7.25. The van der Waals surface area contributed by atoms with Gasteiger partial charge in [-0.2, -0.15) is 0 Å². The monoisotopic (exact) mass is 208 g/mol. The van der Waals surface area contributed by atoms with E-state index in [9.17, 15) is 0 Å². The Morgan fingerprint density at radius 1 is 1.60 bits per heavy atom. The highest BCUT2D eigenvalue weighted by molar-refractivity contribution is 4.98. The number of nitrogens with zero attached hydrogens (tertiary/aromatic N) is 1. The van der Waals surface area contributed by atoms with Crippen LogP contribution in [0.4, 0.5) is 0 Å². The largest absolute Gasteiger partial charge is 0.469 e. The van der Waals surface area contributed by atoms with Crippen molar-refractivity contribution in [2.75, 3.05) is 20.1 Å². The molecule has 0 saturated carbocycles. The molecule has 3 nitrogen and oxygen atoms in total. The van der Waals surface area contributed by atoms with Crippen molar-refractivity contribution in [2.45, 2.75) is 31.8 Å². The number of hydrogen-bond acceptors (Lipinski definition) is 3. The summed E-state index contributed by atoms with van der Waals surface area (Å²) in [5.74, 6) is 1.07. The summed E-state index contributed by atoms with van der Waals surface area (Å²) in [5, 5.41) is 3.58. The molecule has 84 valence electrons. The van der Waals surface area contributed by atoms with Crippen LogP contribution in [0, 0.1) is 0 Å². The van der Waals surface area contributed by atoms with Crippen LogP contribution < -0.4 is 5.32 Å². The molecule has 2 rings (SSSR count). The van der Waals surface area contributed by atoms with Gasteiger partial charge in [0.15, 0.2) is 0 Å². The highest BCUT2D eigenvalue weighted by atomic mass is 16.3. The molecule has 0 spiro atoms. The van der Waals surface area contributed by atoms with Gasteiger partial charge in [0, 0.05) is 31.6 Å². The van der Waals surface area contributed by atoms with Crippen LogP contribution in [0.2, 0.25) is 0 Å². The van der Waals surface area contributed by atoms with Crippen molar-refractivity contribution in [1.29, 1.82) is 0 Å². The first kappa shape index (κ1) is 10.7. The Morgan fingerprint density at radius 2 is 2.47 bits per heavy atom. The molecule has 1 aliphatic heterocycles. The van der Waals surface area contributed by atoms with Crippen molar-refractivity contribution < 1.29 is 4.42 Å². The minimum atomic E-state index is 0.653. The molecule has 1 aromatic rings. The highest BCUT2D eigenvalue weighted by Crippen LogP contribution is 2.14. The fraction of sp³-hybridized carbons (Fsp3) is 0.667. The third-order valence-corrected chi connectivity index (χ3v) is 3.27. The van der Waals surface area contributed by atoms with Gasteiger partial charge in [0.05, 0.1) is 6.26 Å². The molecule has 3 heteroatoms. The second-order valence-electron chi connectivity index (χ2n) is 4.50. The molecule has 0 bridgehead atoms. The summed E-state index contributed by atoms with van der Waals surface area (Å²) < 4.78 is 5.29. The van der Waals surface area contributed by atoms with Gasteiger partial charge >= 0.3 is 0 Å². The lowest BCUT2D eigenvalue weighted by Crippen LogP contribution is -2.32. The lowest BCUT2D eigenvalue weighted by atomic mass is 10.2. The molecule has 1 fully saturated rings. The summed E-state index contributed by atoms with van der Waals surface area (Å²) in [6.07, 6.45) is 3.98. The third kappa shape index (κ3) is 2.83. The summed E-state index contributed by atoms with van der Waals surface area (Å²) in [6, 6.07) is 5.34. The molecule has 1 saturated heterocycles. The third-order valence-electron chi connectivity index (χ3n) is 3.27. The second-order valence-corrected chi connectivity index (χ2v) is 4.50. The molecule has 0 aliphatic carbocycles. The fourth-order valence-electron chi connectivity index (χ4n) is 2.20. The van der Waals surface area contributed by atoms with Crippen molar-refractivity contribution in [3.8, 4) is 0 Å².